The molecule has 1 heterocycles. The fourth-order valence-electron chi connectivity index (χ4n) is 3.33. The molecule has 0 aliphatic carbocycles. The highest BCUT2D eigenvalue weighted by Crippen LogP contribution is 2.26. The molecule has 0 saturated carbocycles. The first-order valence-corrected chi connectivity index (χ1v) is 9.12. The number of carbonyl (C=O) groups is 1. The minimum atomic E-state index is 0.0283. The summed E-state index contributed by atoms with van der Waals surface area (Å²) in [4.78, 5) is 12.4. The van der Waals surface area contributed by atoms with Crippen LogP contribution in [0, 0.1) is 0 Å². The first-order chi connectivity index (χ1) is 12.7. The van der Waals surface area contributed by atoms with E-state index in [1.54, 1.807) is 7.11 Å². The van der Waals surface area contributed by atoms with Gasteiger partial charge in [0.25, 0.3) is 0 Å². The first kappa shape index (κ1) is 18.1. The number of amides is 1. The number of aryl methyl sites for hydroxylation is 1. The number of para-hydroxylation sites is 1. The number of methoxy groups -OCH3 is 1. The van der Waals surface area contributed by atoms with Gasteiger partial charge < -0.3 is 14.6 Å². The first-order valence-electron chi connectivity index (χ1n) is 9.12. The van der Waals surface area contributed by atoms with Crippen LogP contribution in [0.15, 0.2) is 60.8 Å². The van der Waals surface area contributed by atoms with Crippen molar-refractivity contribution in [1.29, 1.82) is 0 Å². The standard InChI is InChI=1S/C22H26N2O2/c1-17(8-6-11-18-9-4-3-5-10-18)23-21(25)16-24-15-14-19-12-7-13-20(26-2)22(19)24/h3-5,7,9-10,12-15,17H,6,8,11,16H2,1-2H3,(H,23,25)/t17-/m1/s1. The van der Waals surface area contributed by atoms with E-state index in [2.05, 4.69) is 36.5 Å². The van der Waals surface area contributed by atoms with Crippen LogP contribution in [0.25, 0.3) is 10.9 Å². The lowest BCUT2D eigenvalue weighted by Gasteiger charge is -2.15. The summed E-state index contributed by atoms with van der Waals surface area (Å²) in [6.07, 6.45) is 5.01. The van der Waals surface area contributed by atoms with Gasteiger partial charge in [0.1, 0.15) is 12.3 Å². The third kappa shape index (κ3) is 4.45. The van der Waals surface area contributed by atoms with E-state index in [9.17, 15) is 4.79 Å². The minimum absolute atomic E-state index is 0.0283. The van der Waals surface area contributed by atoms with Gasteiger partial charge in [-0.3, -0.25) is 4.79 Å². The van der Waals surface area contributed by atoms with Gasteiger partial charge in [-0.1, -0.05) is 42.5 Å². The Labute approximate surface area is 154 Å². The molecule has 136 valence electrons. The fraction of sp³-hybridized carbons (Fsp3) is 0.318. The summed E-state index contributed by atoms with van der Waals surface area (Å²) in [5.74, 6) is 0.817. The summed E-state index contributed by atoms with van der Waals surface area (Å²) in [7, 11) is 1.65. The zero-order chi connectivity index (χ0) is 18.4. The van der Waals surface area contributed by atoms with Gasteiger partial charge in [-0.15, -0.1) is 0 Å². The van der Waals surface area contributed by atoms with Crippen molar-refractivity contribution in [2.75, 3.05) is 7.11 Å². The van der Waals surface area contributed by atoms with E-state index < -0.39 is 0 Å². The number of nitrogens with zero attached hydrogens (tertiary/aromatic N) is 1. The van der Waals surface area contributed by atoms with E-state index in [1.165, 1.54) is 5.56 Å². The molecule has 0 aliphatic rings. The van der Waals surface area contributed by atoms with Crippen molar-refractivity contribution in [3.05, 3.63) is 66.4 Å². The predicted octanol–water partition coefficient (Wildman–Crippen LogP) is 4.18. The summed E-state index contributed by atoms with van der Waals surface area (Å²) >= 11 is 0. The highest BCUT2D eigenvalue weighted by atomic mass is 16.5. The number of ether oxygens (including phenoxy) is 1. The Balaban J connectivity index is 1.52. The Bertz CT molecular complexity index is 855. The summed E-state index contributed by atoms with van der Waals surface area (Å²) in [6.45, 7) is 2.37. The molecule has 0 spiro atoms. The normalized spacial score (nSPS) is 12.1. The third-order valence-electron chi connectivity index (χ3n) is 4.64. The summed E-state index contributed by atoms with van der Waals surface area (Å²) < 4.78 is 7.38. The molecule has 0 unspecified atom stereocenters. The van der Waals surface area contributed by atoms with Crippen LogP contribution in [-0.2, 0) is 17.8 Å². The van der Waals surface area contributed by atoms with Crippen LogP contribution in [0.5, 0.6) is 5.75 Å². The van der Waals surface area contributed by atoms with Gasteiger partial charge >= 0.3 is 0 Å². The number of hydrogen-bond donors (Lipinski definition) is 1. The second kappa shape index (κ2) is 8.56. The predicted molar refractivity (Wildman–Crippen MR) is 105 cm³/mol. The second-order valence-corrected chi connectivity index (χ2v) is 6.69. The Kier molecular flexibility index (Phi) is 5.95. The van der Waals surface area contributed by atoms with Crippen LogP contribution < -0.4 is 10.1 Å². The van der Waals surface area contributed by atoms with Crippen molar-refractivity contribution in [2.45, 2.75) is 38.8 Å². The lowest BCUT2D eigenvalue weighted by molar-refractivity contribution is -0.122. The monoisotopic (exact) mass is 350 g/mol. The molecule has 1 aromatic heterocycles. The van der Waals surface area contributed by atoms with Crippen LogP contribution in [0.1, 0.15) is 25.3 Å². The van der Waals surface area contributed by atoms with Gasteiger partial charge in [-0.2, -0.15) is 0 Å². The van der Waals surface area contributed by atoms with E-state index in [4.69, 9.17) is 4.74 Å². The van der Waals surface area contributed by atoms with Crippen molar-refractivity contribution in [1.82, 2.24) is 9.88 Å². The summed E-state index contributed by atoms with van der Waals surface area (Å²) in [5, 5.41) is 4.18. The van der Waals surface area contributed by atoms with Gasteiger partial charge in [-0.25, -0.2) is 0 Å². The van der Waals surface area contributed by atoms with Crippen LogP contribution in [0.3, 0.4) is 0 Å². The number of nitrogens with one attached hydrogen (secondary N) is 1. The van der Waals surface area contributed by atoms with Crippen molar-refractivity contribution >= 4 is 16.8 Å². The lowest BCUT2D eigenvalue weighted by atomic mass is 10.1. The van der Waals surface area contributed by atoms with Gasteiger partial charge in [0.15, 0.2) is 0 Å². The maximum absolute atomic E-state index is 12.4. The van der Waals surface area contributed by atoms with Gasteiger partial charge in [0, 0.05) is 17.6 Å². The highest BCUT2D eigenvalue weighted by molar-refractivity contribution is 5.87. The molecule has 4 nitrogen and oxygen atoms in total. The molecule has 4 heteroatoms. The summed E-state index contributed by atoms with van der Waals surface area (Å²) in [6, 6.07) is 18.5. The molecule has 0 fully saturated rings. The molecule has 0 saturated heterocycles. The average Bonchev–Trinajstić information content (AvgIpc) is 3.05. The molecular weight excluding hydrogens is 324 g/mol. The van der Waals surface area contributed by atoms with Gasteiger partial charge in [0.2, 0.25) is 5.91 Å². The number of hydrogen-bond acceptors (Lipinski definition) is 2. The number of benzene rings is 2. The van der Waals surface area contributed by atoms with Crippen LogP contribution in [0.2, 0.25) is 0 Å². The molecule has 3 rings (SSSR count). The molecule has 3 aromatic rings. The zero-order valence-electron chi connectivity index (χ0n) is 15.4. The molecule has 26 heavy (non-hydrogen) atoms. The van der Waals surface area contributed by atoms with Crippen molar-refractivity contribution in [3.8, 4) is 5.75 Å². The Morgan fingerprint density at radius 3 is 2.69 bits per heavy atom. The molecule has 1 amide bonds. The minimum Gasteiger partial charge on any atom is -0.495 e. The lowest BCUT2D eigenvalue weighted by Crippen LogP contribution is -2.35. The third-order valence-corrected chi connectivity index (χ3v) is 4.64. The summed E-state index contributed by atoms with van der Waals surface area (Å²) in [5.41, 5.74) is 2.30. The Morgan fingerprint density at radius 1 is 1.12 bits per heavy atom. The second-order valence-electron chi connectivity index (χ2n) is 6.69. The van der Waals surface area contributed by atoms with Crippen LogP contribution in [0.4, 0.5) is 0 Å². The fourth-order valence-corrected chi connectivity index (χ4v) is 3.33. The van der Waals surface area contributed by atoms with Crippen molar-refractivity contribution in [2.24, 2.45) is 0 Å². The van der Waals surface area contributed by atoms with Gasteiger partial charge in [-0.05, 0) is 43.9 Å². The number of aromatic nitrogens is 1. The van der Waals surface area contributed by atoms with Crippen LogP contribution >= 0.6 is 0 Å². The van der Waals surface area contributed by atoms with Crippen molar-refractivity contribution < 1.29 is 9.53 Å². The number of rotatable bonds is 8. The van der Waals surface area contributed by atoms with E-state index in [0.29, 0.717) is 6.54 Å². The van der Waals surface area contributed by atoms with Crippen LogP contribution in [-0.4, -0.2) is 23.6 Å². The van der Waals surface area contributed by atoms with E-state index in [1.807, 2.05) is 41.1 Å². The molecule has 0 aliphatic heterocycles. The topological polar surface area (TPSA) is 43.3 Å². The maximum Gasteiger partial charge on any atom is 0.240 e. The van der Waals surface area contributed by atoms with E-state index in [-0.39, 0.29) is 11.9 Å². The maximum atomic E-state index is 12.4. The Hall–Kier alpha value is -2.75. The van der Waals surface area contributed by atoms with E-state index >= 15 is 0 Å². The zero-order valence-corrected chi connectivity index (χ0v) is 15.4. The largest absolute Gasteiger partial charge is 0.495 e. The molecule has 1 atom stereocenters. The highest BCUT2D eigenvalue weighted by Gasteiger charge is 2.12. The molecule has 2 aromatic carbocycles. The molecule has 1 N–H and O–H groups in total. The Morgan fingerprint density at radius 2 is 1.92 bits per heavy atom. The quantitative estimate of drug-likeness (QED) is 0.662. The van der Waals surface area contributed by atoms with Gasteiger partial charge in [0.05, 0.1) is 12.6 Å². The molecule has 0 bridgehead atoms. The number of carbonyl (C=O) groups excluding carboxylic acids is 1. The average molecular weight is 350 g/mol. The van der Waals surface area contributed by atoms with E-state index in [0.717, 1.165) is 35.9 Å². The smallest absolute Gasteiger partial charge is 0.240 e. The molecular formula is C22H26N2O2. The molecule has 0 radical (unpaired) electrons. The van der Waals surface area contributed by atoms with Crippen molar-refractivity contribution in [3.63, 3.8) is 0 Å². The SMILES string of the molecule is COc1cccc2ccn(CC(=O)N[C@H](C)CCCc3ccccc3)c12. The number of fused-ring (bicyclic) bond motifs is 1.